The number of unbranched alkanes of at least 4 members (excludes halogenated alkanes) is 2. The molecular weight excluding hydrogens is 188 g/mol. The van der Waals surface area contributed by atoms with Gasteiger partial charge in [-0.3, -0.25) is 0 Å². The second-order valence-corrected chi connectivity index (χ2v) is 4.29. The maximum absolute atomic E-state index is 8.55. The van der Waals surface area contributed by atoms with Crippen LogP contribution in [0.15, 0.2) is 12.2 Å². The van der Waals surface area contributed by atoms with E-state index in [1.54, 1.807) is 0 Å². The van der Waals surface area contributed by atoms with Crippen LogP contribution in [0.3, 0.4) is 0 Å². The molecule has 0 atom stereocenters. The van der Waals surface area contributed by atoms with Gasteiger partial charge in [0, 0.05) is 19.8 Å². The smallest absolute Gasteiger partial charge is 0.0468 e. The van der Waals surface area contributed by atoms with Crippen molar-refractivity contribution in [3.8, 4) is 0 Å². The molecule has 0 spiro atoms. The lowest BCUT2D eigenvalue weighted by atomic mass is 10.1. The van der Waals surface area contributed by atoms with E-state index >= 15 is 0 Å². The van der Waals surface area contributed by atoms with Gasteiger partial charge in [-0.15, -0.1) is 0 Å². The molecule has 0 saturated carbocycles. The third-order valence-electron chi connectivity index (χ3n) is 2.13. The third kappa shape index (κ3) is 13.7. The number of hydrogen-bond acceptors (Lipinski definition) is 2. The Morgan fingerprint density at radius 3 is 2.47 bits per heavy atom. The Morgan fingerprint density at radius 2 is 1.80 bits per heavy atom. The second-order valence-electron chi connectivity index (χ2n) is 4.29. The Labute approximate surface area is 94.3 Å². The maximum Gasteiger partial charge on any atom is 0.0468 e. The first-order valence-electron chi connectivity index (χ1n) is 6.11. The van der Waals surface area contributed by atoms with Crippen molar-refractivity contribution in [3.63, 3.8) is 0 Å². The summed E-state index contributed by atoms with van der Waals surface area (Å²) < 4.78 is 5.42. The molecule has 0 bridgehead atoms. The number of rotatable bonds is 10. The van der Waals surface area contributed by atoms with Crippen molar-refractivity contribution in [1.82, 2.24) is 0 Å². The van der Waals surface area contributed by atoms with E-state index in [1.165, 1.54) is 6.42 Å². The van der Waals surface area contributed by atoms with Crippen molar-refractivity contribution in [2.75, 3.05) is 19.8 Å². The fourth-order valence-electron chi connectivity index (χ4n) is 1.21. The fourth-order valence-corrected chi connectivity index (χ4v) is 1.21. The highest BCUT2D eigenvalue weighted by Crippen LogP contribution is 2.01. The molecule has 0 saturated heterocycles. The first-order chi connectivity index (χ1) is 7.27. The van der Waals surface area contributed by atoms with Gasteiger partial charge < -0.3 is 9.84 Å². The lowest BCUT2D eigenvalue weighted by Crippen LogP contribution is -1.97. The molecule has 0 aliphatic carbocycles. The zero-order valence-corrected chi connectivity index (χ0v) is 10.2. The topological polar surface area (TPSA) is 29.5 Å². The molecule has 0 unspecified atom stereocenters. The normalized spacial score (nSPS) is 11.7. The molecule has 0 amide bonds. The minimum absolute atomic E-state index is 0.279. The van der Waals surface area contributed by atoms with Gasteiger partial charge >= 0.3 is 0 Å². The van der Waals surface area contributed by atoms with Crippen molar-refractivity contribution in [3.05, 3.63) is 12.2 Å². The quantitative estimate of drug-likeness (QED) is 0.447. The second kappa shape index (κ2) is 11.7. The number of hydrogen-bond donors (Lipinski definition) is 1. The van der Waals surface area contributed by atoms with Crippen molar-refractivity contribution in [2.24, 2.45) is 5.92 Å². The molecule has 90 valence electrons. The Balaban J connectivity index is 3.01. The van der Waals surface area contributed by atoms with E-state index in [0.29, 0.717) is 0 Å². The number of allylic oxidation sites excluding steroid dienone is 2. The number of ether oxygens (including phenoxy) is 1. The SMILES string of the molecule is CC(C)C/C=C\CCCOCCCCO. The van der Waals surface area contributed by atoms with Gasteiger partial charge in [-0.2, -0.15) is 0 Å². The Morgan fingerprint density at radius 1 is 1.07 bits per heavy atom. The van der Waals surface area contributed by atoms with Gasteiger partial charge in [-0.05, 0) is 38.0 Å². The van der Waals surface area contributed by atoms with E-state index in [1.807, 2.05) is 0 Å². The predicted octanol–water partition coefficient (Wildman–Crippen LogP) is 3.16. The van der Waals surface area contributed by atoms with Crippen LogP contribution in [0.2, 0.25) is 0 Å². The van der Waals surface area contributed by atoms with Crippen molar-refractivity contribution < 1.29 is 9.84 Å². The largest absolute Gasteiger partial charge is 0.396 e. The van der Waals surface area contributed by atoms with E-state index in [-0.39, 0.29) is 6.61 Å². The van der Waals surface area contributed by atoms with Crippen molar-refractivity contribution in [2.45, 2.75) is 46.0 Å². The lowest BCUT2D eigenvalue weighted by Gasteiger charge is -2.01. The summed E-state index contributed by atoms with van der Waals surface area (Å²) in [6, 6.07) is 0. The van der Waals surface area contributed by atoms with Crippen LogP contribution in [-0.2, 0) is 4.74 Å². The van der Waals surface area contributed by atoms with E-state index in [0.717, 1.165) is 44.8 Å². The summed E-state index contributed by atoms with van der Waals surface area (Å²) in [5.74, 6) is 0.760. The van der Waals surface area contributed by atoms with E-state index < -0.39 is 0 Å². The van der Waals surface area contributed by atoms with Crippen LogP contribution >= 0.6 is 0 Å². The van der Waals surface area contributed by atoms with Gasteiger partial charge in [-0.25, -0.2) is 0 Å². The summed E-state index contributed by atoms with van der Waals surface area (Å²) in [5, 5.41) is 8.55. The van der Waals surface area contributed by atoms with Gasteiger partial charge in [0.1, 0.15) is 0 Å². The zero-order valence-electron chi connectivity index (χ0n) is 10.2. The van der Waals surface area contributed by atoms with Crippen LogP contribution in [0.1, 0.15) is 46.0 Å². The van der Waals surface area contributed by atoms with E-state index in [4.69, 9.17) is 9.84 Å². The van der Waals surface area contributed by atoms with Gasteiger partial charge in [0.05, 0.1) is 0 Å². The first-order valence-corrected chi connectivity index (χ1v) is 6.11. The summed E-state index contributed by atoms with van der Waals surface area (Å²) in [7, 11) is 0. The summed E-state index contributed by atoms with van der Waals surface area (Å²) in [6.07, 6.45) is 9.74. The molecule has 0 aromatic carbocycles. The maximum atomic E-state index is 8.55. The average Bonchev–Trinajstić information content (AvgIpc) is 2.20. The fraction of sp³-hybridized carbons (Fsp3) is 0.846. The van der Waals surface area contributed by atoms with Gasteiger partial charge in [0.15, 0.2) is 0 Å². The zero-order chi connectivity index (χ0) is 11.4. The molecule has 2 nitrogen and oxygen atoms in total. The molecule has 2 heteroatoms. The standard InChI is InChI=1S/C13H26O2/c1-13(2)9-5-3-4-7-11-15-12-8-6-10-14/h3,5,13-14H,4,6-12H2,1-2H3/b5-3-. The number of aliphatic hydroxyl groups is 1. The first kappa shape index (κ1) is 14.7. The van der Waals surface area contributed by atoms with Crippen LogP contribution in [0.4, 0.5) is 0 Å². The summed E-state index contributed by atoms with van der Waals surface area (Å²) in [6.45, 7) is 6.37. The predicted molar refractivity (Wildman–Crippen MR) is 65.0 cm³/mol. The molecule has 1 N–H and O–H groups in total. The monoisotopic (exact) mass is 214 g/mol. The van der Waals surface area contributed by atoms with Crippen molar-refractivity contribution >= 4 is 0 Å². The van der Waals surface area contributed by atoms with Gasteiger partial charge in [-0.1, -0.05) is 26.0 Å². The molecule has 0 aliphatic rings. The minimum atomic E-state index is 0.279. The molecule has 0 aromatic rings. The molecule has 0 fully saturated rings. The molecular formula is C13H26O2. The minimum Gasteiger partial charge on any atom is -0.396 e. The molecule has 0 aromatic heterocycles. The molecule has 0 radical (unpaired) electrons. The highest BCUT2D eigenvalue weighted by molar-refractivity contribution is 4.82. The van der Waals surface area contributed by atoms with Crippen LogP contribution < -0.4 is 0 Å². The van der Waals surface area contributed by atoms with Crippen LogP contribution in [0, 0.1) is 5.92 Å². The van der Waals surface area contributed by atoms with E-state index in [2.05, 4.69) is 26.0 Å². The Kier molecular flexibility index (Phi) is 11.5. The molecule has 0 rings (SSSR count). The lowest BCUT2D eigenvalue weighted by molar-refractivity contribution is 0.123. The van der Waals surface area contributed by atoms with Gasteiger partial charge in [0.25, 0.3) is 0 Å². The van der Waals surface area contributed by atoms with Crippen LogP contribution in [0.25, 0.3) is 0 Å². The Hall–Kier alpha value is -0.340. The van der Waals surface area contributed by atoms with Crippen molar-refractivity contribution in [1.29, 1.82) is 0 Å². The average molecular weight is 214 g/mol. The summed E-state index contributed by atoms with van der Waals surface area (Å²) in [5.41, 5.74) is 0. The van der Waals surface area contributed by atoms with Crippen LogP contribution in [-0.4, -0.2) is 24.9 Å². The molecule has 0 aliphatic heterocycles. The number of aliphatic hydroxyl groups excluding tert-OH is 1. The third-order valence-corrected chi connectivity index (χ3v) is 2.13. The molecule has 0 heterocycles. The Bertz CT molecular complexity index is 141. The van der Waals surface area contributed by atoms with Crippen LogP contribution in [0.5, 0.6) is 0 Å². The summed E-state index contributed by atoms with van der Waals surface area (Å²) >= 11 is 0. The van der Waals surface area contributed by atoms with Gasteiger partial charge in [0.2, 0.25) is 0 Å². The highest BCUT2D eigenvalue weighted by atomic mass is 16.5. The highest BCUT2D eigenvalue weighted by Gasteiger charge is 1.89. The molecule has 15 heavy (non-hydrogen) atoms. The van der Waals surface area contributed by atoms with E-state index in [9.17, 15) is 0 Å². The summed E-state index contributed by atoms with van der Waals surface area (Å²) in [4.78, 5) is 0.